The van der Waals surface area contributed by atoms with Crippen molar-refractivity contribution in [2.24, 2.45) is 0 Å². The van der Waals surface area contributed by atoms with Gasteiger partial charge in [0, 0.05) is 18.0 Å². The molecule has 0 amide bonds. The minimum atomic E-state index is -0.208. The summed E-state index contributed by atoms with van der Waals surface area (Å²) in [6, 6.07) is 12.1. The molecule has 4 rings (SSSR count). The maximum absolute atomic E-state index is 9.88. The Bertz CT molecular complexity index is 841. The van der Waals surface area contributed by atoms with E-state index in [1.807, 2.05) is 28.9 Å². The number of methoxy groups -OCH3 is 1. The lowest BCUT2D eigenvalue weighted by Gasteiger charge is -2.35. The molecule has 0 aliphatic carbocycles. The number of hydrogen-bond donors (Lipinski definition) is 1. The molecule has 0 radical (unpaired) electrons. The number of ether oxygens (including phenoxy) is 1. The van der Waals surface area contributed by atoms with Crippen molar-refractivity contribution in [1.29, 1.82) is 0 Å². The van der Waals surface area contributed by atoms with E-state index in [0.29, 0.717) is 6.54 Å². The molecule has 1 fully saturated rings. The fourth-order valence-electron chi connectivity index (χ4n) is 3.49. The lowest BCUT2D eigenvalue weighted by Crippen LogP contribution is -2.39. The Labute approximate surface area is 162 Å². The van der Waals surface area contributed by atoms with E-state index in [2.05, 4.69) is 37.9 Å². The lowest BCUT2D eigenvalue weighted by atomic mass is 10.0. The van der Waals surface area contributed by atoms with Crippen molar-refractivity contribution in [3.63, 3.8) is 0 Å². The van der Waals surface area contributed by atoms with Crippen LogP contribution in [-0.2, 0) is 6.54 Å². The Hall–Kier alpha value is -2.29. The molecule has 0 spiro atoms. The molecule has 1 unspecified atom stereocenters. The van der Waals surface area contributed by atoms with Crippen LogP contribution in [0.1, 0.15) is 35.1 Å². The van der Waals surface area contributed by atoms with Gasteiger partial charge < -0.3 is 9.84 Å². The number of aliphatic hydroxyl groups is 1. The van der Waals surface area contributed by atoms with Gasteiger partial charge >= 0.3 is 0 Å². The number of thiophene rings is 1. The number of aliphatic hydroxyl groups excluding tert-OH is 1. The van der Waals surface area contributed by atoms with Crippen LogP contribution in [0.25, 0.3) is 0 Å². The van der Waals surface area contributed by atoms with Crippen LogP contribution in [0.2, 0.25) is 0 Å². The van der Waals surface area contributed by atoms with Gasteiger partial charge in [-0.2, -0.15) is 0 Å². The van der Waals surface area contributed by atoms with Crippen molar-refractivity contribution in [3.05, 3.63) is 58.0 Å². The number of likely N-dealkylation sites (tertiary alicyclic amines) is 1. The smallest absolute Gasteiger partial charge is 0.174 e. The number of nitrogens with zero attached hydrogens (tertiary/aromatic N) is 5. The Morgan fingerprint density at radius 2 is 2.00 bits per heavy atom. The third kappa shape index (κ3) is 4.02. The Morgan fingerprint density at radius 1 is 1.22 bits per heavy atom. The van der Waals surface area contributed by atoms with E-state index in [1.165, 1.54) is 4.88 Å². The van der Waals surface area contributed by atoms with Gasteiger partial charge in [-0.3, -0.25) is 4.90 Å². The zero-order valence-corrected chi connectivity index (χ0v) is 16.0. The van der Waals surface area contributed by atoms with E-state index in [9.17, 15) is 5.11 Å². The fourth-order valence-corrected chi connectivity index (χ4v) is 4.34. The highest BCUT2D eigenvalue weighted by molar-refractivity contribution is 7.10. The highest BCUT2D eigenvalue weighted by atomic mass is 32.1. The monoisotopic (exact) mass is 385 g/mol. The van der Waals surface area contributed by atoms with Crippen LogP contribution < -0.4 is 4.74 Å². The van der Waals surface area contributed by atoms with E-state index in [1.54, 1.807) is 18.4 Å². The molecule has 0 bridgehead atoms. The van der Waals surface area contributed by atoms with E-state index >= 15 is 0 Å². The first-order valence-electron chi connectivity index (χ1n) is 9.09. The largest absolute Gasteiger partial charge is 0.497 e. The van der Waals surface area contributed by atoms with Gasteiger partial charge in [0.05, 0.1) is 19.8 Å². The van der Waals surface area contributed by atoms with Crippen molar-refractivity contribution < 1.29 is 9.84 Å². The summed E-state index contributed by atoms with van der Waals surface area (Å²) in [7, 11) is 1.66. The zero-order valence-electron chi connectivity index (χ0n) is 15.2. The van der Waals surface area contributed by atoms with Gasteiger partial charge in [-0.15, -0.1) is 16.4 Å². The topological polar surface area (TPSA) is 76.3 Å². The standard InChI is InChI=1S/C19H23N5O2S/c1-26-16-6-4-14(5-7-16)13-24-19(20-21-22-24)18(17-3-2-12-27-17)23-10-8-15(25)9-11-23/h2-7,12,15,18,25H,8-11,13H2,1H3. The van der Waals surface area contributed by atoms with Gasteiger partial charge in [-0.05, 0) is 52.4 Å². The fraction of sp³-hybridized carbons (Fsp3) is 0.421. The van der Waals surface area contributed by atoms with E-state index in [0.717, 1.165) is 43.1 Å². The van der Waals surface area contributed by atoms with Crippen LogP contribution in [0.3, 0.4) is 0 Å². The van der Waals surface area contributed by atoms with Gasteiger partial charge in [0.1, 0.15) is 11.8 Å². The summed E-state index contributed by atoms with van der Waals surface area (Å²) in [5, 5.41) is 24.5. The average molecular weight is 385 g/mol. The molecular formula is C19H23N5O2S. The molecule has 1 N–H and O–H groups in total. The Morgan fingerprint density at radius 3 is 2.67 bits per heavy atom. The predicted octanol–water partition coefficient (Wildman–Crippen LogP) is 2.34. The number of benzene rings is 1. The third-order valence-corrected chi connectivity index (χ3v) is 5.90. The van der Waals surface area contributed by atoms with Crippen LogP contribution in [0.15, 0.2) is 41.8 Å². The molecule has 1 saturated heterocycles. The summed E-state index contributed by atoms with van der Waals surface area (Å²) in [6.45, 7) is 2.27. The second-order valence-corrected chi connectivity index (χ2v) is 7.71. The van der Waals surface area contributed by atoms with Crippen LogP contribution in [0.5, 0.6) is 5.75 Å². The van der Waals surface area contributed by atoms with Crippen LogP contribution in [0, 0.1) is 0 Å². The average Bonchev–Trinajstić information content (AvgIpc) is 3.37. The van der Waals surface area contributed by atoms with Gasteiger partial charge in [0.25, 0.3) is 0 Å². The SMILES string of the molecule is COc1ccc(Cn2nnnc2C(c2cccs2)N2CCC(O)CC2)cc1. The lowest BCUT2D eigenvalue weighted by molar-refractivity contribution is 0.0669. The van der Waals surface area contributed by atoms with Crippen LogP contribution in [0.4, 0.5) is 0 Å². The second-order valence-electron chi connectivity index (χ2n) is 6.73. The van der Waals surface area contributed by atoms with Gasteiger partial charge in [0.2, 0.25) is 0 Å². The number of rotatable bonds is 6. The molecule has 1 atom stereocenters. The summed E-state index contributed by atoms with van der Waals surface area (Å²) < 4.78 is 7.10. The second kappa shape index (κ2) is 8.16. The summed E-state index contributed by atoms with van der Waals surface area (Å²) in [6.07, 6.45) is 1.35. The van der Waals surface area contributed by atoms with Crippen molar-refractivity contribution in [2.75, 3.05) is 20.2 Å². The molecule has 2 aromatic heterocycles. The highest BCUT2D eigenvalue weighted by Crippen LogP contribution is 2.32. The van der Waals surface area contributed by atoms with Crippen molar-refractivity contribution in [1.82, 2.24) is 25.1 Å². The summed E-state index contributed by atoms with van der Waals surface area (Å²) in [4.78, 5) is 3.59. The number of hydrogen-bond acceptors (Lipinski definition) is 7. The first kappa shape index (κ1) is 18.1. The minimum Gasteiger partial charge on any atom is -0.497 e. The quantitative estimate of drug-likeness (QED) is 0.702. The zero-order chi connectivity index (χ0) is 18.6. The van der Waals surface area contributed by atoms with Crippen molar-refractivity contribution in [2.45, 2.75) is 31.5 Å². The molecule has 1 aliphatic heterocycles. The molecule has 1 aromatic carbocycles. The van der Waals surface area contributed by atoms with Crippen molar-refractivity contribution in [3.8, 4) is 5.75 Å². The Kier molecular flexibility index (Phi) is 5.47. The highest BCUT2D eigenvalue weighted by Gasteiger charge is 2.31. The maximum atomic E-state index is 9.88. The molecule has 3 heterocycles. The number of aromatic nitrogens is 4. The summed E-state index contributed by atoms with van der Waals surface area (Å²) in [5.41, 5.74) is 1.11. The van der Waals surface area contributed by atoms with Gasteiger partial charge in [-0.25, -0.2) is 4.68 Å². The van der Waals surface area contributed by atoms with Crippen molar-refractivity contribution >= 4 is 11.3 Å². The molecule has 27 heavy (non-hydrogen) atoms. The first-order valence-corrected chi connectivity index (χ1v) is 9.97. The van der Waals surface area contributed by atoms with Gasteiger partial charge in [-0.1, -0.05) is 18.2 Å². The molecule has 0 saturated carbocycles. The van der Waals surface area contributed by atoms with E-state index in [-0.39, 0.29) is 12.1 Å². The normalized spacial score (nSPS) is 17.1. The minimum absolute atomic E-state index is 0.00532. The molecule has 142 valence electrons. The van der Waals surface area contributed by atoms with E-state index in [4.69, 9.17) is 4.74 Å². The Balaban J connectivity index is 1.62. The maximum Gasteiger partial charge on any atom is 0.174 e. The molecular weight excluding hydrogens is 362 g/mol. The summed E-state index contributed by atoms with van der Waals surface area (Å²) in [5.74, 6) is 1.67. The third-order valence-electron chi connectivity index (χ3n) is 4.97. The first-order chi connectivity index (χ1) is 13.2. The van der Waals surface area contributed by atoms with Crippen LogP contribution >= 0.6 is 11.3 Å². The number of piperidine rings is 1. The van der Waals surface area contributed by atoms with Gasteiger partial charge in [0.15, 0.2) is 5.82 Å². The molecule has 3 aromatic rings. The van der Waals surface area contributed by atoms with E-state index < -0.39 is 0 Å². The molecule has 1 aliphatic rings. The molecule has 7 nitrogen and oxygen atoms in total. The number of tetrazole rings is 1. The predicted molar refractivity (Wildman–Crippen MR) is 103 cm³/mol. The summed E-state index contributed by atoms with van der Waals surface area (Å²) >= 11 is 1.71. The molecule has 8 heteroatoms. The van der Waals surface area contributed by atoms with Crippen LogP contribution in [-0.4, -0.2) is 56.5 Å².